The molecular weight excluding hydrogens is 395 g/mol. The molecule has 2 heterocycles. The average molecular weight is 409 g/mol. The summed E-state index contributed by atoms with van der Waals surface area (Å²) >= 11 is 3.24. The third kappa shape index (κ3) is 3.90. The first-order valence-electron chi connectivity index (χ1n) is 6.81. The van der Waals surface area contributed by atoms with E-state index < -0.39 is 52.3 Å². The monoisotopic (exact) mass is 408 g/mol. The van der Waals surface area contributed by atoms with E-state index in [-0.39, 0.29) is 6.61 Å². The van der Waals surface area contributed by atoms with Crippen LogP contribution in [-0.2, 0) is 23.8 Å². The number of H-pyrrole nitrogens is 1. The van der Waals surface area contributed by atoms with Gasteiger partial charge in [0.25, 0.3) is 5.56 Å². The molecule has 0 aromatic carbocycles. The molecule has 1 aromatic heterocycles. The van der Waals surface area contributed by atoms with Crippen LogP contribution in [0.15, 0.2) is 15.8 Å². The van der Waals surface area contributed by atoms with Crippen LogP contribution < -0.4 is 11.2 Å². The van der Waals surface area contributed by atoms with Gasteiger partial charge >= 0.3 is 17.6 Å². The Kier molecular flexibility index (Phi) is 5.54. The fourth-order valence-electron chi connectivity index (χ4n) is 2.23. The van der Waals surface area contributed by atoms with E-state index >= 15 is 0 Å². The van der Waals surface area contributed by atoms with Crippen LogP contribution in [0.25, 0.3) is 0 Å². The summed E-state index contributed by atoms with van der Waals surface area (Å²) in [6.07, 6.45) is -2.17. The van der Waals surface area contributed by atoms with E-state index in [2.05, 4.69) is 15.9 Å². The minimum Gasteiger partial charge on any atom is -0.463 e. The standard InChI is InChI=1S/C13H14BrFN2O7/c1-5(18)22-4-8-10(23-6(2)19)9(14)12(24-8)17-3-7(15)11(20)16-13(17)21/h3,8-10,12H,4H2,1-2H3,(H,16,20,21). The molecule has 1 aliphatic rings. The average Bonchev–Trinajstić information content (AvgIpc) is 2.77. The van der Waals surface area contributed by atoms with Crippen molar-refractivity contribution in [3.8, 4) is 0 Å². The molecule has 0 amide bonds. The molecule has 0 bridgehead atoms. The Hall–Kier alpha value is -2.01. The van der Waals surface area contributed by atoms with Crippen molar-refractivity contribution in [2.75, 3.05) is 6.61 Å². The summed E-state index contributed by atoms with van der Waals surface area (Å²) in [4.78, 5) is 46.3. The summed E-state index contributed by atoms with van der Waals surface area (Å²) in [6.45, 7) is 2.15. The highest BCUT2D eigenvalue weighted by atomic mass is 79.9. The second kappa shape index (κ2) is 7.26. The lowest BCUT2D eigenvalue weighted by Gasteiger charge is -2.19. The van der Waals surface area contributed by atoms with Gasteiger partial charge in [-0.1, -0.05) is 15.9 Å². The molecule has 2 rings (SSSR count). The molecular formula is C13H14BrFN2O7. The van der Waals surface area contributed by atoms with Gasteiger partial charge in [-0.15, -0.1) is 0 Å². The number of carbonyl (C=O) groups excluding carboxylic acids is 2. The van der Waals surface area contributed by atoms with Crippen LogP contribution in [0.2, 0.25) is 0 Å². The zero-order valence-corrected chi connectivity index (χ0v) is 14.2. The Labute approximate surface area is 142 Å². The maximum Gasteiger partial charge on any atom is 0.330 e. The van der Waals surface area contributed by atoms with E-state index in [0.717, 1.165) is 4.57 Å². The zero-order chi connectivity index (χ0) is 18.0. The van der Waals surface area contributed by atoms with E-state index in [0.29, 0.717) is 6.20 Å². The molecule has 1 N–H and O–H groups in total. The number of esters is 2. The molecule has 132 valence electrons. The molecule has 4 unspecified atom stereocenters. The van der Waals surface area contributed by atoms with Crippen LogP contribution in [0.4, 0.5) is 4.39 Å². The Morgan fingerprint density at radius 1 is 1.38 bits per heavy atom. The van der Waals surface area contributed by atoms with E-state index in [1.807, 2.05) is 4.98 Å². The molecule has 24 heavy (non-hydrogen) atoms. The predicted octanol–water partition coefficient (Wildman–Crippen LogP) is -0.169. The predicted molar refractivity (Wildman–Crippen MR) is 80.1 cm³/mol. The van der Waals surface area contributed by atoms with Crippen LogP contribution in [0.1, 0.15) is 20.1 Å². The lowest BCUT2D eigenvalue weighted by Crippen LogP contribution is -2.38. The molecule has 0 saturated carbocycles. The number of hydrogen-bond donors (Lipinski definition) is 1. The number of aromatic amines is 1. The highest BCUT2D eigenvalue weighted by Gasteiger charge is 2.47. The van der Waals surface area contributed by atoms with Gasteiger partial charge in [0, 0.05) is 13.8 Å². The van der Waals surface area contributed by atoms with Crippen LogP contribution in [0.3, 0.4) is 0 Å². The number of ether oxygens (including phenoxy) is 3. The summed E-state index contributed by atoms with van der Waals surface area (Å²) in [7, 11) is 0. The third-order valence-electron chi connectivity index (χ3n) is 3.22. The highest BCUT2D eigenvalue weighted by molar-refractivity contribution is 9.09. The lowest BCUT2D eigenvalue weighted by atomic mass is 10.2. The van der Waals surface area contributed by atoms with Crippen molar-refractivity contribution in [3.05, 3.63) is 32.9 Å². The largest absolute Gasteiger partial charge is 0.463 e. The van der Waals surface area contributed by atoms with Crippen LogP contribution in [-0.4, -0.2) is 45.1 Å². The fourth-order valence-corrected chi connectivity index (χ4v) is 3.06. The number of hydrogen-bond acceptors (Lipinski definition) is 7. The molecule has 0 radical (unpaired) electrons. The Morgan fingerprint density at radius 3 is 2.62 bits per heavy atom. The molecule has 1 fully saturated rings. The third-order valence-corrected chi connectivity index (χ3v) is 4.19. The van der Waals surface area contributed by atoms with Gasteiger partial charge in [0.1, 0.15) is 18.8 Å². The first-order valence-corrected chi connectivity index (χ1v) is 7.73. The molecule has 1 aliphatic heterocycles. The van der Waals surface area contributed by atoms with Crippen LogP contribution in [0, 0.1) is 5.82 Å². The first-order chi connectivity index (χ1) is 11.2. The summed E-state index contributed by atoms with van der Waals surface area (Å²) in [5.41, 5.74) is -2.06. The summed E-state index contributed by atoms with van der Waals surface area (Å²) in [5, 5.41) is 0. The number of rotatable bonds is 4. The molecule has 0 aliphatic carbocycles. The van der Waals surface area contributed by atoms with E-state index in [4.69, 9.17) is 14.2 Å². The second-order valence-electron chi connectivity index (χ2n) is 5.03. The van der Waals surface area contributed by atoms with Gasteiger partial charge in [0.15, 0.2) is 6.23 Å². The number of aromatic nitrogens is 2. The smallest absolute Gasteiger partial charge is 0.330 e. The number of nitrogens with one attached hydrogen (secondary N) is 1. The van der Waals surface area contributed by atoms with E-state index in [1.54, 1.807) is 0 Å². The van der Waals surface area contributed by atoms with Gasteiger partial charge in [-0.2, -0.15) is 4.39 Å². The van der Waals surface area contributed by atoms with Crippen LogP contribution in [0.5, 0.6) is 0 Å². The summed E-state index contributed by atoms with van der Waals surface area (Å²) in [5.74, 6) is -2.35. The van der Waals surface area contributed by atoms with Crippen molar-refractivity contribution in [1.82, 2.24) is 9.55 Å². The Morgan fingerprint density at radius 2 is 2.04 bits per heavy atom. The van der Waals surface area contributed by atoms with Gasteiger partial charge in [-0.05, 0) is 0 Å². The topological polar surface area (TPSA) is 117 Å². The SMILES string of the molecule is CC(=O)OCC1OC(n2cc(F)c(=O)[nH]c2=O)C(Br)C1OC(C)=O. The van der Waals surface area contributed by atoms with Crippen LogP contribution >= 0.6 is 15.9 Å². The number of halogens is 2. The van der Waals surface area contributed by atoms with Crippen molar-refractivity contribution < 1.29 is 28.2 Å². The molecule has 1 aromatic rings. The van der Waals surface area contributed by atoms with Gasteiger partial charge in [-0.25, -0.2) is 4.79 Å². The van der Waals surface area contributed by atoms with Gasteiger partial charge in [0.05, 0.1) is 11.0 Å². The quantitative estimate of drug-likeness (QED) is 0.542. The Balaban J connectivity index is 2.33. The van der Waals surface area contributed by atoms with E-state index in [9.17, 15) is 23.6 Å². The first kappa shape index (κ1) is 18.3. The van der Waals surface area contributed by atoms with Gasteiger partial charge in [-0.3, -0.25) is 23.9 Å². The minimum atomic E-state index is -1.18. The fraction of sp³-hybridized carbons (Fsp3) is 0.538. The molecule has 11 heteroatoms. The van der Waals surface area contributed by atoms with Gasteiger partial charge in [0.2, 0.25) is 5.82 Å². The van der Waals surface area contributed by atoms with Crippen molar-refractivity contribution in [2.45, 2.75) is 37.1 Å². The molecule has 0 spiro atoms. The summed E-state index contributed by atoms with van der Waals surface area (Å²) < 4.78 is 29.8. The second-order valence-corrected chi connectivity index (χ2v) is 6.09. The normalized spacial score (nSPS) is 26.2. The van der Waals surface area contributed by atoms with E-state index in [1.165, 1.54) is 13.8 Å². The Bertz CT molecular complexity index is 761. The minimum absolute atomic E-state index is 0.230. The number of nitrogens with zero attached hydrogens (tertiary/aromatic N) is 1. The molecule has 4 atom stereocenters. The van der Waals surface area contributed by atoms with Crippen molar-refractivity contribution in [1.29, 1.82) is 0 Å². The maximum atomic E-state index is 13.5. The summed E-state index contributed by atoms with van der Waals surface area (Å²) in [6, 6.07) is 0. The zero-order valence-electron chi connectivity index (χ0n) is 12.7. The van der Waals surface area contributed by atoms with Crippen molar-refractivity contribution >= 4 is 27.9 Å². The van der Waals surface area contributed by atoms with Crippen molar-refractivity contribution in [2.24, 2.45) is 0 Å². The number of alkyl halides is 1. The molecule has 1 saturated heterocycles. The van der Waals surface area contributed by atoms with Gasteiger partial charge < -0.3 is 14.2 Å². The number of carbonyl (C=O) groups is 2. The maximum absolute atomic E-state index is 13.5. The van der Waals surface area contributed by atoms with Crippen molar-refractivity contribution in [3.63, 3.8) is 0 Å². The molecule has 9 nitrogen and oxygen atoms in total. The lowest BCUT2D eigenvalue weighted by molar-refractivity contribution is -0.155. The highest BCUT2D eigenvalue weighted by Crippen LogP contribution is 2.36.